The van der Waals surface area contributed by atoms with Crippen LogP contribution in [0.25, 0.3) is 33.5 Å². The number of carbonyl (C=O) groups excluding carboxylic acids is 1. The second-order valence-electron chi connectivity index (χ2n) is 7.23. The van der Waals surface area contributed by atoms with Crippen molar-refractivity contribution in [1.29, 1.82) is 0 Å². The lowest BCUT2D eigenvalue weighted by molar-refractivity contribution is 0.0602. The topological polar surface area (TPSA) is 59.9 Å². The van der Waals surface area contributed by atoms with Gasteiger partial charge in [0.2, 0.25) is 0 Å². The zero-order chi connectivity index (χ0) is 22.9. The molecule has 3 heterocycles. The van der Waals surface area contributed by atoms with E-state index in [4.69, 9.17) is 16.3 Å². The van der Waals surface area contributed by atoms with E-state index in [-0.39, 0.29) is 16.1 Å². The molecule has 164 valence electrons. The summed E-state index contributed by atoms with van der Waals surface area (Å²) in [6.45, 7) is 0. The van der Waals surface area contributed by atoms with Gasteiger partial charge in [0.25, 0.3) is 0 Å². The van der Waals surface area contributed by atoms with Crippen LogP contribution in [-0.2, 0) is 4.74 Å². The summed E-state index contributed by atoms with van der Waals surface area (Å²) in [5, 5.41) is 1.16. The molecule has 5 aromatic rings. The molecule has 3 aromatic heterocycles. The number of methoxy groups -OCH3 is 1. The van der Waals surface area contributed by atoms with Crippen molar-refractivity contribution in [2.24, 2.45) is 0 Å². The number of aromatic nitrogens is 3. The van der Waals surface area contributed by atoms with Crippen molar-refractivity contribution >= 4 is 40.6 Å². The minimum Gasteiger partial charge on any atom is -0.465 e. The van der Waals surface area contributed by atoms with Crippen LogP contribution in [0, 0.1) is 5.82 Å². The lowest BCUT2D eigenvalue weighted by Crippen LogP contribution is -2.02. The van der Waals surface area contributed by atoms with E-state index in [1.54, 1.807) is 30.3 Å². The number of esters is 1. The average molecular weight is 478 g/mol. The number of pyridine rings is 1. The summed E-state index contributed by atoms with van der Waals surface area (Å²) < 4.78 is 21.6. The largest absolute Gasteiger partial charge is 0.465 e. The lowest BCUT2D eigenvalue weighted by Gasteiger charge is -2.06. The van der Waals surface area contributed by atoms with Gasteiger partial charge < -0.3 is 9.72 Å². The van der Waals surface area contributed by atoms with Crippen molar-refractivity contribution in [3.8, 4) is 22.5 Å². The van der Waals surface area contributed by atoms with E-state index in [2.05, 4.69) is 9.97 Å². The minimum absolute atomic E-state index is 0.230. The Morgan fingerprint density at radius 3 is 2.67 bits per heavy atom. The Morgan fingerprint density at radius 1 is 1.09 bits per heavy atom. The summed E-state index contributed by atoms with van der Waals surface area (Å²) >= 11 is 7.46. The van der Waals surface area contributed by atoms with Gasteiger partial charge in [0.05, 0.1) is 18.4 Å². The molecule has 33 heavy (non-hydrogen) atoms. The van der Waals surface area contributed by atoms with Crippen LogP contribution < -0.4 is 0 Å². The predicted molar refractivity (Wildman–Crippen MR) is 129 cm³/mol. The van der Waals surface area contributed by atoms with Gasteiger partial charge in [0, 0.05) is 44.5 Å². The maximum absolute atomic E-state index is 14.7. The molecule has 0 aliphatic carbocycles. The Hall–Kier alpha value is -3.55. The third-order valence-corrected chi connectivity index (χ3v) is 6.42. The molecule has 0 bridgehead atoms. The van der Waals surface area contributed by atoms with Crippen LogP contribution in [0.5, 0.6) is 0 Å². The van der Waals surface area contributed by atoms with Crippen molar-refractivity contribution in [3.63, 3.8) is 0 Å². The summed E-state index contributed by atoms with van der Waals surface area (Å²) in [5.74, 6) is -1.10. The van der Waals surface area contributed by atoms with Gasteiger partial charge in [0.1, 0.15) is 5.82 Å². The Kier molecular flexibility index (Phi) is 5.66. The van der Waals surface area contributed by atoms with Gasteiger partial charge in [-0.2, -0.15) is 0 Å². The standard InChI is InChI=1S/C25H17ClFN3O2S/c1-32-25(31)20-14-22(29-23(20)19-8-7-15(26)13-21(19)27)17-9-11-28-24-18(17)10-12-30(24)33-16-5-3-2-4-6-16/h2-14,29H,1H3. The molecule has 1 N–H and O–H groups in total. The summed E-state index contributed by atoms with van der Waals surface area (Å²) in [4.78, 5) is 21.3. The number of ether oxygens (including phenoxy) is 1. The Morgan fingerprint density at radius 2 is 1.91 bits per heavy atom. The van der Waals surface area contributed by atoms with Crippen LogP contribution in [0.1, 0.15) is 10.4 Å². The van der Waals surface area contributed by atoms with Gasteiger partial charge >= 0.3 is 5.97 Å². The molecule has 0 atom stereocenters. The summed E-state index contributed by atoms with van der Waals surface area (Å²) in [6, 6.07) is 19.8. The smallest absolute Gasteiger partial charge is 0.340 e. The van der Waals surface area contributed by atoms with Gasteiger partial charge in [-0.05, 0) is 60.5 Å². The van der Waals surface area contributed by atoms with Crippen molar-refractivity contribution in [3.05, 3.63) is 95.5 Å². The molecule has 0 saturated heterocycles. The molecule has 0 amide bonds. The SMILES string of the molecule is COC(=O)c1cc(-c2ccnc3c2ccn3Sc2ccccc2)[nH]c1-c1ccc(Cl)cc1F. The van der Waals surface area contributed by atoms with E-state index >= 15 is 0 Å². The van der Waals surface area contributed by atoms with Crippen molar-refractivity contribution in [2.75, 3.05) is 7.11 Å². The molecule has 0 spiro atoms. The second-order valence-corrected chi connectivity index (χ2v) is 8.71. The molecule has 0 aliphatic heterocycles. The first-order chi connectivity index (χ1) is 16.0. The lowest BCUT2D eigenvalue weighted by atomic mass is 10.1. The summed E-state index contributed by atoms with van der Waals surface area (Å²) in [7, 11) is 1.29. The maximum Gasteiger partial charge on any atom is 0.340 e. The highest BCUT2D eigenvalue weighted by atomic mass is 35.5. The fourth-order valence-corrected chi connectivity index (χ4v) is 4.71. The van der Waals surface area contributed by atoms with Crippen LogP contribution in [0.4, 0.5) is 4.39 Å². The number of hydrogen-bond acceptors (Lipinski definition) is 4. The molecule has 5 rings (SSSR count). The molecule has 5 nitrogen and oxygen atoms in total. The van der Waals surface area contributed by atoms with Gasteiger partial charge in [-0.25, -0.2) is 14.2 Å². The zero-order valence-electron chi connectivity index (χ0n) is 17.4. The highest BCUT2D eigenvalue weighted by molar-refractivity contribution is 7.98. The molecule has 0 unspecified atom stereocenters. The molecule has 0 aliphatic rings. The number of halogens is 2. The normalized spacial score (nSPS) is 11.1. The van der Waals surface area contributed by atoms with Crippen molar-refractivity contribution in [2.45, 2.75) is 4.90 Å². The van der Waals surface area contributed by atoms with E-state index < -0.39 is 11.8 Å². The molecule has 8 heteroatoms. The van der Waals surface area contributed by atoms with Gasteiger partial charge in [-0.15, -0.1) is 0 Å². The minimum atomic E-state index is -0.565. The third kappa shape index (κ3) is 4.01. The number of fused-ring (bicyclic) bond motifs is 1. The molecule has 0 radical (unpaired) electrons. The first-order valence-corrected chi connectivity index (χ1v) is 11.2. The highest BCUT2D eigenvalue weighted by Gasteiger charge is 2.22. The number of carbonyl (C=O) groups is 1. The quantitative estimate of drug-likeness (QED) is 0.282. The van der Waals surface area contributed by atoms with Crippen LogP contribution in [-0.4, -0.2) is 27.0 Å². The van der Waals surface area contributed by atoms with Gasteiger partial charge in [0.15, 0.2) is 5.65 Å². The molecular weight excluding hydrogens is 461 g/mol. The number of benzene rings is 2. The Labute approximate surface area is 198 Å². The summed E-state index contributed by atoms with van der Waals surface area (Å²) in [5.41, 5.74) is 3.04. The van der Waals surface area contributed by atoms with E-state index in [0.29, 0.717) is 11.4 Å². The molecule has 2 aromatic carbocycles. The van der Waals surface area contributed by atoms with E-state index in [0.717, 1.165) is 21.5 Å². The van der Waals surface area contributed by atoms with E-state index in [9.17, 15) is 9.18 Å². The number of nitrogens with one attached hydrogen (secondary N) is 1. The first kappa shape index (κ1) is 21.3. The molecular formula is C25H17ClFN3O2S. The Balaban J connectivity index is 1.63. The molecule has 0 fully saturated rings. The van der Waals surface area contributed by atoms with Crippen LogP contribution in [0.3, 0.4) is 0 Å². The number of rotatable bonds is 5. The second kappa shape index (κ2) is 8.77. The van der Waals surface area contributed by atoms with Crippen LogP contribution in [0.15, 0.2) is 84.0 Å². The van der Waals surface area contributed by atoms with Gasteiger partial charge in [-0.1, -0.05) is 29.8 Å². The fraction of sp³-hybridized carbons (Fsp3) is 0.0400. The van der Waals surface area contributed by atoms with Crippen molar-refractivity contribution < 1.29 is 13.9 Å². The van der Waals surface area contributed by atoms with Crippen molar-refractivity contribution in [1.82, 2.24) is 13.9 Å². The van der Waals surface area contributed by atoms with E-state index in [1.807, 2.05) is 52.6 Å². The molecule has 0 saturated carbocycles. The summed E-state index contributed by atoms with van der Waals surface area (Å²) in [6.07, 6.45) is 3.66. The van der Waals surface area contributed by atoms with E-state index in [1.165, 1.54) is 19.2 Å². The third-order valence-electron chi connectivity index (χ3n) is 5.22. The highest BCUT2D eigenvalue weighted by Crippen LogP contribution is 2.36. The number of H-pyrrole nitrogens is 1. The first-order valence-electron chi connectivity index (χ1n) is 10.0. The maximum atomic E-state index is 14.7. The van der Waals surface area contributed by atoms with Crippen LogP contribution in [0.2, 0.25) is 5.02 Å². The number of hydrogen-bond donors (Lipinski definition) is 1. The monoisotopic (exact) mass is 477 g/mol. The number of aromatic amines is 1. The zero-order valence-corrected chi connectivity index (χ0v) is 19.0. The fourth-order valence-electron chi connectivity index (χ4n) is 3.69. The average Bonchev–Trinajstić information content (AvgIpc) is 3.44. The van der Waals surface area contributed by atoms with Crippen LogP contribution >= 0.6 is 23.5 Å². The Bertz CT molecular complexity index is 1480. The number of nitrogens with zero attached hydrogens (tertiary/aromatic N) is 2. The predicted octanol–water partition coefficient (Wildman–Crippen LogP) is 6.83. The van der Waals surface area contributed by atoms with Gasteiger partial charge in [-0.3, -0.25) is 3.97 Å².